The molecule has 0 spiro atoms. The zero-order valence-corrected chi connectivity index (χ0v) is 16.0. The van der Waals surface area contributed by atoms with Crippen LogP contribution in [0.2, 0.25) is 0 Å². The first-order chi connectivity index (χ1) is 13.8. The molecule has 0 fully saturated rings. The third-order valence-corrected chi connectivity index (χ3v) is 4.57. The highest BCUT2D eigenvalue weighted by Crippen LogP contribution is 2.44. The zero-order valence-electron chi connectivity index (χ0n) is 17.0. The van der Waals surface area contributed by atoms with Crippen molar-refractivity contribution in [2.45, 2.75) is 38.3 Å². The summed E-state index contributed by atoms with van der Waals surface area (Å²) in [5.74, 6) is -1.32. The fraction of sp³-hybridized carbons (Fsp3) is 0.364. The number of alkyl carbamates (subject to hydrolysis) is 1. The highest BCUT2D eigenvalue weighted by Gasteiger charge is 2.30. The van der Waals surface area contributed by atoms with Crippen molar-refractivity contribution < 1.29 is 25.5 Å². The van der Waals surface area contributed by atoms with Crippen molar-refractivity contribution in [2.24, 2.45) is 0 Å². The van der Waals surface area contributed by atoms with Crippen molar-refractivity contribution in [1.29, 1.82) is 0 Å². The highest BCUT2D eigenvalue weighted by atomic mass is 16.6. The number of amides is 1. The van der Waals surface area contributed by atoms with E-state index in [-0.39, 0.29) is 26.0 Å². The van der Waals surface area contributed by atoms with Crippen LogP contribution >= 0.6 is 0 Å². The molecule has 1 aliphatic rings. The number of carbonyl (C=O) groups is 2. The van der Waals surface area contributed by atoms with Gasteiger partial charge in [-0.2, -0.15) is 0 Å². The monoisotopic (exact) mass is 384 g/mol. The second-order valence-corrected chi connectivity index (χ2v) is 7.43. The Morgan fingerprint density at radius 2 is 1.71 bits per heavy atom. The van der Waals surface area contributed by atoms with Gasteiger partial charge in [0.15, 0.2) is 6.04 Å². The molecule has 0 unspecified atom stereocenters. The van der Waals surface area contributed by atoms with Gasteiger partial charge in [-0.15, -0.1) is 0 Å². The number of rotatable bonds is 6. The molecule has 0 bridgehead atoms. The Balaban J connectivity index is 1.63. The molecule has 0 radical (unpaired) electrons. The van der Waals surface area contributed by atoms with Crippen molar-refractivity contribution >= 4 is 12.1 Å². The van der Waals surface area contributed by atoms with Gasteiger partial charge in [0.25, 0.3) is 0 Å². The van der Waals surface area contributed by atoms with Gasteiger partial charge in [-0.3, -0.25) is 0 Å². The molecule has 1 atom stereocenters. The van der Waals surface area contributed by atoms with E-state index < -0.39 is 23.7 Å². The summed E-state index contributed by atoms with van der Waals surface area (Å²) in [7, 11) is 0. The van der Waals surface area contributed by atoms with Gasteiger partial charge in [0.1, 0.15) is 6.61 Å². The van der Waals surface area contributed by atoms with Crippen molar-refractivity contribution in [3.8, 4) is 11.1 Å². The summed E-state index contributed by atoms with van der Waals surface area (Å²) in [4.78, 5) is 23.7. The van der Waals surface area contributed by atoms with E-state index in [4.69, 9.17) is 10.8 Å². The standard InChI is InChI=1S/C22H25NO5/c1-22(2,3)28-13-19(20(24)25)23-21(26)27-12-18-16-10-6-4-8-14(16)15-9-5-7-11-17(15)18/h4-11,18-19H,12-13H2,1-3H3,(H,23,26)(H,24,25)/t19-/m0/s1/i1D. The van der Waals surface area contributed by atoms with Crippen LogP contribution < -0.4 is 5.32 Å². The average Bonchev–Trinajstić information content (AvgIpc) is 3.03. The molecule has 2 N–H and O–H groups in total. The maximum Gasteiger partial charge on any atom is 0.407 e. The molecule has 6 nitrogen and oxygen atoms in total. The van der Waals surface area contributed by atoms with Crippen LogP contribution in [-0.4, -0.2) is 42.0 Å². The largest absolute Gasteiger partial charge is 0.480 e. The minimum Gasteiger partial charge on any atom is -0.480 e. The molecule has 0 heterocycles. The molecule has 2 aromatic carbocycles. The molecule has 1 aliphatic carbocycles. The fourth-order valence-electron chi connectivity index (χ4n) is 3.27. The molecule has 0 aliphatic heterocycles. The van der Waals surface area contributed by atoms with E-state index in [1.165, 1.54) is 0 Å². The molecule has 3 rings (SSSR count). The molecule has 6 heteroatoms. The molecular formula is C22H25NO5. The number of hydrogen-bond donors (Lipinski definition) is 2. The number of carboxylic acids is 1. The first-order valence-electron chi connectivity index (χ1n) is 9.80. The lowest BCUT2D eigenvalue weighted by atomic mass is 9.98. The van der Waals surface area contributed by atoms with Crippen molar-refractivity contribution in [2.75, 3.05) is 13.2 Å². The van der Waals surface area contributed by atoms with Gasteiger partial charge >= 0.3 is 12.1 Å². The SMILES string of the molecule is [2H]CC(C)(C)OC[C@H](NC(=O)OCC1c2ccccc2-c2ccccc21)C(=O)O. The Hall–Kier alpha value is -2.86. The van der Waals surface area contributed by atoms with E-state index in [0.29, 0.717) is 0 Å². The number of aliphatic carboxylic acids is 1. The number of carbonyl (C=O) groups excluding carboxylic acids is 1. The van der Waals surface area contributed by atoms with E-state index in [0.717, 1.165) is 22.3 Å². The predicted molar refractivity (Wildman–Crippen MR) is 105 cm³/mol. The number of hydrogen-bond acceptors (Lipinski definition) is 4. The Morgan fingerprint density at radius 1 is 1.14 bits per heavy atom. The smallest absolute Gasteiger partial charge is 0.407 e. The van der Waals surface area contributed by atoms with Crippen molar-refractivity contribution in [3.05, 3.63) is 59.7 Å². The van der Waals surface area contributed by atoms with Crippen LogP contribution in [0.15, 0.2) is 48.5 Å². The van der Waals surface area contributed by atoms with Crippen LogP contribution in [0.25, 0.3) is 11.1 Å². The molecule has 0 saturated carbocycles. The van der Waals surface area contributed by atoms with Gasteiger partial charge in [0.05, 0.1) is 12.2 Å². The summed E-state index contributed by atoms with van der Waals surface area (Å²) in [6, 6.07) is 14.7. The molecule has 0 aromatic heterocycles. The van der Waals surface area contributed by atoms with Crippen LogP contribution in [0.3, 0.4) is 0 Å². The number of ether oxygens (including phenoxy) is 2. The fourth-order valence-corrected chi connectivity index (χ4v) is 3.27. The first-order valence-corrected chi connectivity index (χ1v) is 9.10. The van der Waals surface area contributed by atoms with Crippen LogP contribution in [0.5, 0.6) is 0 Å². The van der Waals surface area contributed by atoms with Crippen LogP contribution in [0.1, 0.15) is 39.2 Å². The first kappa shape index (κ1) is 18.5. The lowest BCUT2D eigenvalue weighted by Crippen LogP contribution is -2.45. The number of carboxylic acid groups (broad SMARTS) is 1. The Kier molecular flexibility index (Phi) is 5.30. The van der Waals surface area contributed by atoms with Gasteiger partial charge in [-0.05, 0) is 43.0 Å². The minimum absolute atomic E-state index is 0.0235. The minimum atomic E-state index is -1.25. The topological polar surface area (TPSA) is 84.9 Å². The quantitative estimate of drug-likeness (QED) is 0.791. The molecule has 0 saturated heterocycles. The summed E-state index contributed by atoms with van der Waals surface area (Å²) in [5, 5.41) is 11.7. The number of fused-ring (bicyclic) bond motifs is 3. The average molecular weight is 384 g/mol. The van der Waals surface area contributed by atoms with Gasteiger partial charge in [0.2, 0.25) is 0 Å². The molecule has 28 heavy (non-hydrogen) atoms. The van der Waals surface area contributed by atoms with E-state index >= 15 is 0 Å². The van der Waals surface area contributed by atoms with Gasteiger partial charge < -0.3 is 19.9 Å². The van der Waals surface area contributed by atoms with Crippen LogP contribution in [-0.2, 0) is 14.3 Å². The van der Waals surface area contributed by atoms with Crippen molar-refractivity contribution in [3.63, 3.8) is 0 Å². The van der Waals surface area contributed by atoms with E-state index in [2.05, 4.69) is 5.32 Å². The lowest BCUT2D eigenvalue weighted by molar-refractivity contribution is -0.142. The van der Waals surface area contributed by atoms with Gasteiger partial charge in [-0.25, -0.2) is 9.59 Å². The Labute approximate surface area is 165 Å². The molecule has 1 amide bonds. The highest BCUT2D eigenvalue weighted by molar-refractivity contribution is 5.81. The third-order valence-electron chi connectivity index (χ3n) is 4.57. The molecule has 2 aromatic rings. The maximum atomic E-state index is 12.2. The second kappa shape index (κ2) is 8.02. The summed E-state index contributed by atoms with van der Waals surface area (Å²) in [6.45, 7) is 3.21. The van der Waals surface area contributed by atoms with Gasteiger partial charge in [-0.1, -0.05) is 48.5 Å². The number of nitrogens with one attached hydrogen (secondary N) is 1. The second-order valence-electron chi connectivity index (χ2n) is 7.43. The third kappa shape index (κ3) is 4.51. The molecule has 148 valence electrons. The summed E-state index contributed by atoms with van der Waals surface area (Å²) < 4.78 is 18.2. The Bertz CT molecular complexity index is 853. The maximum absolute atomic E-state index is 12.2. The lowest BCUT2D eigenvalue weighted by Gasteiger charge is -2.23. The number of benzene rings is 2. The van der Waals surface area contributed by atoms with Crippen molar-refractivity contribution in [1.82, 2.24) is 5.32 Å². The molecular weight excluding hydrogens is 358 g/mol. The van der Waals surface area contributed by atoms with Crippen LogP contribution in [0.4, 0.5) is 4.79 Å². The summed E-state index contributed by atoms with van der Waals surface area (Å²) in [5.41, 5.74) is 3.60. The van der Waals surface area contributed by atoms with E-state index in [1.807, 2.05) is 48.5 Å². The van der Waals surface area contributed by atoms with E-state index in [9.17, 15) is 14.7 Å². The zero-order chi connectivity index (χ0) is 21.0. The summed E-state index contributed by atoms with van der Waals surface area (Å²) in [6.07, 6.45) is -0.813. The normalized spacial score (nSPS) is 14.6. The van der Waals surface area contributed by atoms with E-state index in [1.54, 1.807) is 13.8 Å². The predicted octanol–water partition coefficient (Wildman–Crippen LogP) is 3.79. The Morgan fingerprint density at radius 3 is 2.25 bits per heavy atom. The summed E-state index contributed by atoms with van der Waals surface area (Å²) >= 11 is 0. The van der Waals surface area contributed by atoms with Gasteiger partial charge in [0, 0.05) is 7.29 Å². The van der Waals surface area contributed by atoms with Crippen LogP contribution in [0, 0.1) is 0 Å².